The summed E-state index contributed by atoms with van der Waals surface area (Å²) in [5.74, 6) is 1.98. The van der Waals surface area contributed by atoms with Crippen LogP contribution in [0.1, 0.15) is 37.7 Å². The molecule has 1 atom stereocenters. The van der Waals surface area contributed by atoms with E-state index in [4.69, 9.17) is 4.74 Å². The molecule has 48 heavy (non-hydrogen) atoms. The van der Waals surface area contributed by atoms with Crippen molar-refractivity contribution in [2.24, 2.45) is 12.5 Å². The quantitative estimate of drug-likeness (QED) is 0.322. The van der Waals surface area contributed by atoms with E-state index in [0.29, 0.717) is 44.7 Å². The molecule has 8 rings (SSSR count). The lowest BCUT2D eigenvalue weighted by Gasteiger charge is -2.31. The summed E-state index contributed by atoms with van der Waals surface area (Å²) in [6, 6.07) is 14.5. The third kappa shape index (κ3) is 5.66. The predicted octanol–water partition coefficient (Wildman–Crippen LogP) is 3.72. The van der Waals surface area contributed by atoms with Crippen molar-refractivity contribution in [3.05, 3.63) is 60.4 Å². The zero-order valence-electron chi connectivity index (χ0n) is 27.8. The number of H-pyrrole nitrogens is 1. The summed E-state index contributed by atoms with van der Waals surface area (Å²) >= 11 is 0. The van der Waals surface area contributed by atoms with Crippen LogP contribution in [0.15, 0.2) is 54.9 Å². The molecule has 6 heterocycles. The van der Waals surface area contributed by atoms with Crippen molar-refractivity contribution in [1.82, 2.24) is 34.8 Å². The fourth-order valence-corrected chi connectivity index (χ4v) is 7.99. The molecule has 0 radical (unpaired) electrons. The van der Waals surface area contributed by atoms with E-state index in [1.165, 1.54) is 11.1 Å². The highest BCUT2D eigenvalue weighted by atomic mass is 16.5. The maximum atomic E-state index is 14.0. The van der Waals surface area contributed by atoms with Crippen LogP contribution in [0.2, 0.25) is 0 Å². The average molecular weight is 650 g/mol. The van der Waals surface area contributed by atoms with Crippen molar-refractivity contribution in [2.45, 2.75) is 38.2 Å². The molecular weight excluding hydrogens is 606 g/mol. The summed E-state index contributed by atoms with van der Waals surface area (Å²) in [5, 5.41) is 13.3. The van der Waals surface area contributed by atoms with E-state index in [9.17, 15) is 9.59 Å². The van der Waals surface area contributed by atoms with Gasteiger partial charge >= 0.3 is 0 Å². The second kappa shape index (κ2) is 12.5. The van der Waals surface area contributed by atoms with Crippen molar-refractivity contribution in [3.63, 3.8) is 0 Å². The lowest BCUT2D eigenvalue weighted by atomic mass is 9.85. The van der Waals surface area contributed by atoms with Crippen molar-refractivity contribution in [1.29, 1.82) is 0 Å². The number of benzene rings is 2. The van der Waals surface area contributed by atoms with Gasteiger partial charge in [0.15, 0.2) is 11.6 Å². The number of carbonyl (C=O) groups is 2. The Morgan fingerprint density at radius 3 is 2.54 bits per heavy atom. The van der Waals surface area contributed by atoms with Gasteiger partial charge in [0.05, 0.1) is 23.6 Å². The van der Waals surface area contributed by atoms with E-state index in [0.717, 1.165) is 79.7 Å². The molecule has 0 aliphatic carbocycles. The number of ether oxygens (including phenoxy) is 1. The fraction of sp³-hybridized carbons (Fsp3) is 0.472. The second-order valence-electron chi connectivity index (χ2n) is 13.8. The topological polar surface area (TPSA) is 116 Å². The van der Waals surface area contributed by atoms with Gasteiger partial charge in [-0.1, -0.05) is 30.3 Å². The zero-order chi connectivity index (χ0) is 32.8. The molecule has 4 aromatic rings. The molecule has 3 fully saturated rings. The first-order valence-electron chi connectivity index (χ1n) is 17.1. The van der Waals surface area contributed by atoms with Crippen LogP contribution in [-0.2, 0) is 21.4 Å². The van der Waals surface area contributed by atoms with Crippen LogP contribution < -0.4 is 9.80 Å². The highest BCUT2D eigenvalue weighted by Crippen LogP contribution is 2.43. The van der Waals surface area contributed by atoms with Crippen molar-refractivity contribution >= 4 is 39.8 Å². The third-order valence-corrected chi connectivity index (χ3v) is 10.9. The Balaban J connectivity index is 0.876. The summed E-state index contributed by atoms with van der Waals surface area (Å²) in [6.07, 6.45) is 8.55. The van der Waals surface area contributed by atoms with Gasteiger partial charge in [0.2, 0.25) is 11.8 Å². The van der Waals surface area contributed by atoms with E-state index in [2.05, 4.69) is 66.5 Å². The summed E-state index contributed by atoms with van der Waals surface area (Å²) in [6.45, 7) is 5.54. The van der Waals surface area contributed by atoms with Gasteiger partial charge in [-0.25, -0.2) is 4.98 Å². The van der Waals surface area contributed by atoms with E-state index >= 15 is 0 Å². The fourth-order valence-electron chi connectivity index (χ4n) is 7.99. The van der Waals surface area contributed by atoms with Crippen LogP contribution in [0, 0.1) is 5.41 Å². The van der Waals surface area contributed by atoms with Crippen molar-refractivity contribution in [3.8, 4) is 11.4 Å². The molecule has 1 N–H and O–H groups in total. The Hall–Kier alpha value is -4.55. The molecule has 2 aromatic heterocycles. The minimum Gasteiger partial charge on any atom is -0.381 e. The summed E-state index contributed by atoms with van der Waals surface area (Å²) < 4.78 is 7.25. The van der Waals surface area contributed by atoms with E-state index in [1.54, 1.807) is 18.1 Å². The number of amides is 2. The molecule has 3 saturated heterocycles. The Morgan fingerprint density at radius 1 is 1.02 bits per heavy atom. The first-order chi connectivity index (χ1) is 23.4. The molecule has 0 bridgehead atoms. The van der Waals surface area contributed by atoms with Gasteiger partial charge in [-0.3, -0.25) is 24.3 Å². The highest BCUT2D eigenvalue weighted by molar-refractivity contribution is 6.03. The minimum absolute atomic E-state index is 0.133. The number of piperidine rings is 1. The maximum absolute atomic E-state index is 14.0. The third-order valence-electron chi connectivity index (χ3n) is 10.9. The van der Waals surface area contributed by atoms with E-state index < -0.39 is 5.41 Å². The van der Waals surface area contributed by atoms with Crippen LogP contribution in [0.4, 0.5) is 11.5 Å². The number of likely N-dealkylation sites (tertiary alicyclic amines) is 1. The summed E-state index contributed by atoms with van der Waals surface area (Å²) in [7, 11) is 3.64. The van der Waals surface area contributed by atoms with Crippen LogP contribution in [0.25, 0.3) is 27.9 Å². The smallest absolute Gasteiger partial charge is 0.237 e. The first-order valence-corrected chi connectivity index (χ1v) is 17.1. The molecule has 4 aliphatic heterocycles. The van der Waals surface area contributed by atoms with Gasteiger partial charge in [0.25, 0.3) is 0 Å². The number of nitrogens with one attached hydrogen (secondary N) is 1. The molecule has 250 valence electrons. The number of carbonyl (C=O) groups excluding carboxylic acids is 2. The van der Waals surface area contributed by atoms with Gasteiger partial charge in [0, 0.05) is 70.1 Å². The van der Waals surface area contributed by atoms with Crippen LogP contribution in [0.3, 0.4) is 0 Å². The Morgan fingerprint density at radius 2 is 1.81 bits per heavy atom. The number of aromatic nitrogens is 5. The predicted molar refractivity (Wildman–Crippen MR) is 184 cm³/mol. The molecule has 1 spiro atoms. The normalized spacial score (nSPS) is 22.4. The average Bonchev–Trinajstić information content (AvgIpc) is 3.92. The summed E-state index contributed by atoms with van der Waals surface area (Å²) in [4.78, 5) is 40.1. The molecule has 4 aliphatic rings. The van der Waals surface area contributed by atoms with E-state index in [-0.39, 0.29) is 11.8 Å². The number of nitrogens with zero attached hydrogens (tertiary/aromatic N) is 8. The lowest BCUT2D eigenvalue weighted by molar-refractivity contribution is -0.132. The number of aryl methyl sites for hydroxylation is 1. The molecule has 12 nitrogen and oxygen atoms in total. The molecule has 2 aromatic carbocycles. The van der Waals surface area contributed by atoms with Crippen LogP contribution in [0.5, 0.6) is 0 Å². The van der Waals surface area contributed by atoms with Crippen molar-refractivity contribution in [2.75, 3.05) is 69.3 Å². The van der Waals surface area contributed by atoms with Gasteiger partial charge in [-0.05, 0) is 68.0 Å². The molecule has 0 saturated carbocycles. The number of fused-ring (bicyclic) bond motifs is 1. The van der Waals surface area contributed by atoms with Gasteiger partial charge in [-0.2, -0.15) is 10.2 Å². The van der Waals surface area contributed by atoms with E-state index in [1.807, 2.05) is 29.0 Å². The Labute approximate surface area is 280 Å². The van der Waals surface area contributed by atoms with Crippen LogP contribution in [-0.4, -0.2) is 112 Å². The van der Waals surface area contributed by atoms with Crippen LogP contribution >= 0.6 is 0 Å². The number of hydrogen-bond donors (Lipinski definition) is 1. The Kier molecular flexibility index (Phi) is 8.00. The molecule has 2 amide bonds. The molecular formula is C36H43N9O3. The first kappa shape index (κ1) is 30.8. The zero-order valence-corrected chi connectivity index (χ0v) is 27.8. The van der Waals surface area contributed by atoms with Gasteiger partial charge < -0.3 is 19.4 Å². The second-order valence-corrected chi connectivity index (χ2v) is 13.8. The van der Waals surface area contributed by atoms with Gasteiger partial charge in [0.1, 0.15) is 6.33 Å². The monoisotopic (exact) mass is 649 g/mol. The number of rotatable bonds is 7. The lowest BCUT2D eigenvalue weighted by Crippen LogP contribution is -2.43. The minimum atomic E-state index is -0.428. The standard InChI is InChI=1S/C36H43N9O3/c1-41-24-37-33(40-41)27-5-3-25(4-6-27)26-9-15-43(16-10-26)32(46)22-42-19-13-36(23-42)14-20-45(35(36)47)28-7-8-31-30(21-28)34(39-38-31)44-17-11-29(48-2)12-18-44/h3-9,21,24,29H,10-20,22-23H2,1-2H3,(H,38,39). The molecule has 1 unspecified atom stereocenters. The van der Waals surface area contributed by atoms with Crippen molar-refractivity contribution < 1.29 is 14.3 Å². The van der Waals surface area contributed by atoms with Gasteiger partial charge in [-0.15, -0.1) is 0 Å². The number of methoxy groups -OCH3 is 1. The molecule has 12 heteroatoms. The number of aromatic amines is 1. The highest BCUT2D eigenvalue weighted by Gasteiger charge is 2.51. The number of anilines is 2. The Bertz CT molecular complexity index is 1860. The number of hydrogen-bond acceptors (Lipinski definition) is 8. The largest absolute Gasteiger partial charge is 0.381 e. The maximum Gasteiger partial charge on any atom is 0.237 e. The SMILES string of the molecule is COC1CCN(c2n[nH]c3ccc(N4CCC5(CCN(CC(=O)N6CC=C(c7ccc(-c8ncn(C)n8)cc7)CC6)C5)C4=O)cc23)CC1. The summed E-state index contributed by atoms with van der Waals surface area (Å²) in [5.41, 5.74) is 4.89.